The van der Waals surface area contributed by atoms with E-state index >= 15 is 0 Å². The van der Waals surface area contributed by atoms with Crippen LogP contribution in [0.4, 0.5) is 14.5 Å². The lowest BCUT2D eigenvalue weighted by atomic mass is 10.1. The van der Waals surface area contributed by atoms with Crippen LogP contribution in [0.2, 0.25) is 0 Å². The summed E-state index contributed by atoms with van der Waals surface area (Å²) >= 11 is 0.417. The zero-order valence-corrected chi connectivity index (χ0v) is 13.4. The fourth-order valence-corrected chi connectivity index (χ4v) is 2.93. The first-order valence-electron chi connectivity index (χ1n) is 7.34. The number of ether oxygens (including phenoxy) is 2. The van der Waals surface area contributed by atoms with Crippen LogP contribution >= 0.6 is 11.8 Å². The van der Waals surface area contributed by atoms with Gasteiger partial charge in [-0.2, -0.15) is 8.78 Å². The van der Waals surface area contributed by atoms with Crippen molar-refractivity contribution in [1.29, 1.82) is 0 Å². The number of amides is 1. The zero-order valence-electron chi connectivity index (χ0n) is 12.6. The number of hydrogen-bond donors (Lipinski definition) is 1. The van der Waals surface area contributed by atoms with Crippen molar-refractivity contribution in [3.8, 4) is 11.5 Å². The Kier molecular flexibility index (Phi) is 5.20. The smallest absolute Gasteiger partial charge is 0.288 e. The molecule has 0 fully saturated rings. The van der Waals surface area contributed by atoms with Crippen molar-refractivity contribution in [3.05, 3.63) is 48.0 Å². The fourth-order valence-electron chi connectivity index (χ4n) is 2.34. The van der Waals surface area contributed by atoms with Crippen molar-refractivity contribution in [3.63, 3.8) is 0 Å². The third-order valence-electron chi connectivity index (χ3n) is 3.45. The molecule has 0 atom stereocenters. The average Bonchev–Trinajstić information content (AvgIpc) is 3.02. The first kappa shape index (κ1) is 16.6. The molecule has 1 N–H and O–H groups in total. The van der Waals surface area contributed by atoms with Gasteiger partial charge >= 0.3 is 0 Å². The molecule has 1 aliphatic rings. The number of thioether (sulfide) groups is 1. The summed E-state index contributed by atoms with van der Waals surface area (Å²) < 4.78 is 35.6. The summed E-state index contributed by atoms with van der Waals surface area (Å²) in [5.74, 6) is -1.39. The molecule has 2 aromatic carbocycles. The molecule has 0 bridgehead atoms. The molecule has 0 unspecified atom stereocenters. The topological polar surface area (TPSA) is 47.6 Å². The van der Waals surface area contributed by atoms with E-state index in [1.54, 1.807) is 24.3 Å². The summed E-state index contributed by atoms with van der Waals surface area (Å²) in [6.45, 7) is 0.206. The molecular weight excluding hydrogens is 336 g/mol. The van der Waals surface area contributed by atoms with Gasteiger partial charge in [0.05, 0.1) is 5.69 Å². The molecule has 126 valence electrons. The molecule has 0 saturated heterocycles. The summed E-state index contributed by atoms with van der Waals surface area (Å²) in [7, 11) is 0. The zero-order chi connectivity index (χ0) is 16.9. The quantitative estimate of drug-likeness (QED) is 0.788. The first-order valence-corrected chi connectivity index (χ1v) is 8.22. The highest BCUT2D eigenvalue weighted by atomic mass is 32.2. The van der Waals surface area contributed by atoms with Crippen LogP contribution in [0.3, 0.4) is 0 Å². The van der Waals surface area contributed by atoms with Gasteiger partial charge in [0, 0.05) is 11.3 Å². The lowest BCUT2D eigenvalue weighted by Gasteiger charge is -2.10. The summed E-state index contributed by atoms with van der Waals surface area (Å²) in [6, 6.07) is 12.1. The normalized spacial score (nSPS) is 12.5. The second kappa shape index (κ2) is 7.53. The number of rotatable bonds is 6. The minimum atomic E-state index is -2.53. The average molecular weight is 351 g/mol. The molecule has 3 rings (SSSR count). The standard InChI is InChI=1S/C17H15F2NO3S/c18-17(19)24-15-4-2-1-3-12(15)20-16(21)8-6-11-5-7-13-14(9-11)23-10-22-13/h1-5,7,9,17H,6,8,10H2,(H,20,21). The van der Waals surface area contributed by atoms with Crippen LogP contribution < -0.4 is 14.8 Å². The Bertz CT molecular complexity index is 740. The van der Waals surface area contributed by atoms with Crippen molar-refractivity contribution in [2.45, 2.75) is 23.5 Å². The Labute approximate surface area is 142 Å². The molecule has 1 amide bonds. The third kappa shape index (κ3) is 4.17. The predicted octanol–water partition coefficient (Wildman–Crippen LogP) is 4.30. The van der Waals surface area contributed by atoms with Crippen LogP contribution in [-0.4, -0.2) is 18.5 Å². The van der Waals surface area contributed by atoms with Crippen LogP contribution in [0.15, 0.2) is 47.4 Å². The van der Waals surface area contributed by atoms with Gasteiger partial charge in [0.25, 0.3) is 5.76 Å². The van der Waals surface area contributed by atoms with E-state index in [0.29, 0.717) is 40.3 Å². The number of para-hydroxylation sites is 1. The van der Waals surface area contributed by atoms with Crippen LogP contribution in [0.5, 0.6) is 11.5 Å². The molecule has 7 heteroatoms. The van der Waals surface area contributed by atoms with Gasteiger partial charge < -0.3 is 14.8 Å². The van der Waals surface area contributed by atoms with Crippen LogP contribution in [0.1, 0.15) is 12.0 Å². The van der Waals surface area contributed by atoms with Crippen LogP contribution in [0.25, 0.3) is 0 Å². The molecule has 1 aliphatic heterocycles. The van der Waals surface area contributed by atoms with Crippen LogP contribution in [0, 0.1) is 0 Å². The maximum absolute atomic E-state index is 12.5. The second-order valence-corrected chi connectivity index (χ2v) is 6.14. The van der Waals surface area contributed by atoms with Gasteiger partial charge in [-0.1, -0.05) is 30.0 Å². The Morgan fingerprint density at radius 3 is 2.79 bits per heavy atom. The molecule has 0 aliphatic carbocycles. The van der Waals surface area contributed by atoms with Crippen LogP contribution in [-0.2, 0) is 11.2 Å². The molecule has 4 nitrogen and oxygen atoms in total. The number of anilines is 1. The Hall–Kier alpha value is -2.28. The van der Waals surface area contributed by atoms with Gasteiger partial charge in [-0.05, 0) is 36.2 Å². The second-order valence-electron chi connectivity index (χ2n) is 5.11. The van der Waals surface area contributed by atoms with E-state index in [0.717, 1.165) is 5.56 Å². The Morgan fingerprint density at radius 1 is 1.17 bits per heavy atom. The molecule has 1 heterocycles. The lowest BCUT2D eigenvalue weighted by Crippen LogP contribution is -2.13. The molecule has 0 saturated carbocycles. The van der Waals surface area contributed by atoms with E-state index in [4.69, 9.17) is 9.47 Å². The van der Waals surface area contributed by atoms with E-state index in [-0.39, 0.29) is 19.1 Å². The van der Waals surface area contributed by atoms with E-state index in [2.05, 4.69) is 5.32 Å². The molecule has 24 heavy (non-hydrogen) atoms. The van der Waals surface area contributed by atoms with Gasteiger partial charge in [-0.3, -0.25) is 4.79 Å². The van der Waals surface area contributed by atoms with Crippen molar-refractivity contribution < 1.29 is 23.0 Å². The van der Waals surface area contributed by atoms with Gasteiger partial charge in [-0.15, -0.1) is 0 Å². The maximum atomic E-state index is 12.5. The Morgan fingerprint density at radius 2 is 1.96 bits per heavy atom. The molecule has 0 radical (unpaired) electrons. The fraction of sp³-hybridized carbons (Fsp3) is 0.235. The minimum Gasteiger partial charge on any atom is -0.454 e. The third-order valence-corrected chi connectivity index (χ3v) is 4.24. The van der Waals surface area contributed by atoms with Crippen molar-refractivity contribution in [2.24, 2.45) is 0 Å². The van der Waals surface area contributed by atoms with E-state index in [9.17, 15) is 13.6 Å². The van der Waals surface area contributed by atoms with Crippen molar-refractivity contribution in [1.82, 2.24) is 0 Å². The van der Waals surface area contributed by atoms with Gasteiger partial charge in [0.2, 0.25) is 12.7 Å². The molecule has 0 spiro atoms. The number of benzene rings is 2. The Balaban J connectivity index is 1.58. The number of aryl methyl sites for hydroxylation is 1. The summed E-state index contributed by atoms with van der Waals surface area (Å²) in [4.78, 5) is 12.4. The monoisotopic (exact) mass is 351 g/mol. The lowest BCUT2D eigenvalue weighted by molar-refractivity contribution is -0.116. The highest BCUT2D eigenvalue weighted by Crippen LogP contribution is 2.33. The SMILES string of the molecule is O=C(CCc1ccc2c(c1)OCO2)Nc1ccccc1SC(F)F. The first-order chi connectivity index (χ1) is 11.6. The number of nitrogens with one attached hydrogen (secondary N) is 1. The predicted molar refractivity (Wildman–Crippen MR) is 87.8 cm³/mol. The van der Waals surface area contributed by atoms with E-state index in [1.165, 1.54) is 0 Å². The summed E-state index contributed by atoms with van der Waals surface area (Å²) in [5, 5.41) is 2.69. The number of carbonyl (C=O) groups excluding carboxylic acids is 1. The highest BCUT2D eigenvalue weighted by molar-refractivity contribution is 7.99. The largest absolute Gasteiger partial charge is 0.454 e. The molecular formula is C17H15F2NO3S. The maximum Gasteiger partial charge on any atom is 0.288 e. The molecule has 0 aromatic heterocycles. The van der Waals surface area contributed by atoms with Gasteiger partial charge in [0.1, 0.15) is 0 Å². The number of carbonyl (C=O) groups is 1. The number of hydrogen-bond acceptors (Lipinski definition) is 4. The summed E-state index contributed by atoms with van der Waals surface area (Å²) in [5.41, 5.74) is 1.35. The number of halogens is 2. The number of fused-ring (bicyclic) bond motifs is 1. The highest BCUT2D eigenvalue weighted by Gasteiger charge is 2.14. The van der Waals surface area contributed by atoms with E-state index in [1.807, 2.05) is 18.2 Å². The van der Waals surface area contributed by atoms with Gasteiger partial charge in [-0.25, -0.2) is 0 Å². The van der Waals surface area contributed by atoms with E-state index < -0.39 is 5.76 Å². The van der Waals surface area contributed by atoms with Crippen molar-refractivity contribution >= 4 is 23.4 Å². The summed E-state index contributed by atoms with van der Waals surface area (Å²) in [6.07, 6.45) is 0.764. The van der Waals surface area contributed by atoms with Gasteiger partial charge in [0.15, 0.2) is 11.5 Å². The number of alkyl halides is 2. The van der Waals surface area contributed by atoms with Crippen molar-refractivity contribution in [2.75, 3.05) is 12.1 Å². The molecule has 2 aromatic rings. The minimum absolute atomic E-state index is 0.206.